The molecule has 1 fully saturated rings. The minimum atomic E-state index is -0.562. The summed E-state index contributed by atoms with van der Waals surface area (Å²) in [5.41, 5.74) is 1.06. The van der Waals surface area contributed by atoms with E-state index in [4.69, 9.17) is 9.47 Å². The Hall–Kier alpha value is -4.09. The predicted octanol–water partition coefficient (Wildman–Crippen LogP) is 2.13. The first-order valence-corrected chi connectivity index (χ1v) is 12.4. The van der Waals surface area contributed by atoms with Crippen molar-refractivity contribution in [3.05, 3.63) is 46.6 Å². The van der Waals surface area contributed by atoms with Crippen LogP contribution in [0.3, 0.4) is 0 Å². The average molecular weight is 510 g/mol. The molecule has 37 heavy (non-hydrogen) atoms. The molecule has 0 atom stereocenters. The maximum atomic E-state index is 13.2. The van der Waals surface area contributed by atoms with Crippen LogP contribution in [0.5, 0.6) is 5.75 Å². The van der Waals surface area contributed by atoms with Gasteiger partial charge in [0.25, 0.3) is 5.91 Å². The Labute approximate surface area is 214 Å². The van der Waals surface area contributed by atoms with Crippen molar-refractivity contribution < 1.29 is 19.1 Å². The summed E-state index contributed by atoms with van der Waals surface area (Å²) in [4.78, 5) is 47.7. The molecular formula is C25H31N7O5. The monoisotopic (exact) mass is 509 g/mol. The second-order valence-corrected chi connectivity index (χ2v) is 10.0. The first-order chi connectivity index (χ1) is 17.6. The van der Waals surface area contributed by atoms with Crippen LogP contribution >= 0.6 is 0 Å². The van der Waals surface area contributed by atoms with Gasteiger partial charge in [-0.2, -0.15) is 0 Å². The van der Waals surface area contributed by atoms with Crippen LogP contribution in [-0.2, 0) is 11.3 Å². The van der Waals surface area contributed by atoms with Crippen LogP contribution in [0.2, 0.25) is 0 Å². The fraction of sp³-hybridized carbons (Fsp3) is 0.480. The van der Waals surface area contributed by atoms with Crippen molar-refractivity contribution in [3.63, 3.8) is 0 Å². The number of anilines is 2. The van der Waals surface area contributed by atoms with Gasteiger partial charge in [0, 0.05) is 56.9 Å². The summed E-state index contributed by atoms with van der Waals surface area (Å²) in [5.74, 6) is 0.950. The highest BCUT2D eigenvalue weighted by atomic mass is 16.6. The molecule has 2 amide bonds. The molecular weight excluding hydrogens is 478 g/mol. The minimum absolute atomic E-state index is 0.161. The largest absolute Gasteiger partial charge is 0.488 e. The molecule has 0 saturated carbocycles. The Balaban J connectivity index is 1.31. The maximum Gasteiger partial charge on any atom is 0.410 e. The molecule has 0 radical (unpaired) electrons. The fourth-order valence-corrected chi connectivity index (χ4v) is 4.45. The molecule has 5 rings (SSSR count). The zero-order valence-corrected chi connectivity index (χ0v) is 21.5. The quantitative estimate of drug-likeness (QED) is 0.528. The Morgan fingerprint density at radius 3 is 2.51 bits per heavy atom. The van der Waals surface area contributed by atoms with Gasteiger partial charge in [0.15, 0.2) is 17.2 Å². The van der Waals surface area contributed by atoms with Gasteiger partial charge >= 0.3 is 11.8 Å². The normalized spacial score (nSPS) is 15.9. The third kappa shape index (κ3) is 4.83. The third-order valence-corrected chi connectivity index (χ3v) is 6.31. The van der Waals surface area contributed by atoms with Crippen molar-refractivity contribution in [2.75, 3.05) is 44.2 Å². The molecule has 0 N–H and O–H groups in total. The molecule has 196 valence electrons. The van der Waals surface area contributed by atoms with E-state index < -0.39 is 5.60 Å². The van der Waals surface area contributed by atoms with Gasteiger partial charge in [0.1, 0.15) is 12.2 Å². The number of piperazine rings is 1. The molecule has 3 aromatic heterocycles. The summed E-state index contributed by atoms with van der Waals surface area (Å²) in [6.07, 6.45) is 2.89. The van der Waals surface area contributed by atoms with Crippen LogP contribution in [0.1, 0.15) is 38.1 Å². The number of rotatable bonds is 3. The predicted molar refractivity (Wildman–Crippen MR) is 136 cm³/mol. The smallest absolute Gasteiger partial charge is 0.410 e. The number of carbonyl (C=O) groups is 2. The number of nitrogens with zero attached hydrogens (tertiary/aromatic N) is 7. The van der Waals surface area contributed by atoms with Crippen molar-refractivity contribution in [1.82, 2.24) is 29.0 Å². The summed E-state index contributed by atoms with van der Waals surface area (Å²) < 4.78 is 14.2. The van der Waals surface area contributed by atoms with Gasteiger partial charge in [-0.1, -0.05) is 0 Å². The molecule has 2 aliphatic heterocycles. The lowest BCUT2D eigenvalue weighted by atomic mass is 10.2. The highest BCUT2D eigenvalue weighted by Crippen LogP contribution is 2.35. The number of pyridine rings is 2. The van der Waals surface area contributed by atoms with E-state index in [0.717, 1.165) is 5.69 Å². The maximum absolute atomic E-state index is 13.2. The third-order valence-electron chi connectivity index (χ3n) is 6.31. The number of fused-ring (bicyclic) bond motifs is 2. The number of carbonyl (C=O) groups excluding carboxylic acids is 2. The second kappa shape index (κ2) is 9.41. The van der Waals surface area contributed by atoms with E-state index in [1.165, 1.54) is 9.08 Å². The summed E-state index contributed by atoms with van der Waals surface area (Å²) >= 11 is 0. The summed E-state index contributed by atoms with van der Waals surface area (Å²) in [5, 5.41) is 4.37. The van der Waals surface area contributed by atoms with Crippen molar-refractivity contribution in [2.24, 2.45) is 0 Å². The highest BCUT2D eigenvalue weighted by molar-refractivity contribution is 5.95. The molecule has 12 heteroatoms. The van der Waals surface area contributed by atoms with Gasteiger partial charge in [0.2, 0.25) is 0 Å². The molecule has 0 spiro atoms. The number of aryl methyl sites for hydroxylation is 1. The first-order valence-electron chi connectivity index (χ1n) is 12.4. The lowest BCUT2D eigenvalue weighted by molar-refractivity contribution is 0.0141. The Morgan fingerprint density at radius 2 is 1.81 bits per heavy atom. The molecule has 0 unspecified atom stereocenters. The van der Waals surface area contributed by atoms with E-state index in [-0.39, 0.29) is 17.7 Å². The average Bonchev–Trinajstić information content (AvgIpc) is 3.21. The van der Waals surface area contributed by atoms with Gasteiger partial charge in [-0.15, -0.1) is 5.10 Å². The van der Waals surface area contributed by atoms with Gasteiger partial charge in [-0.05, 0) is 39.8 Å². The van der Waals surface area contributed by atoms with E-state index in [2.05, 4.69) is 10.1 Å². The Morgan fingerprint density at radius 1 is 1.08 bits per heavy atom. The van der Waals surface area contributed by atoms with E-state index in [1.807, 2.05) is 44.7 Å². The van der Waals surface area contributed by atoms with E-state index in [9.17, 15) is 14.4 Å². The molecule has 2 aliphatic rings. The second-order valence-electron chi connectivity index (χ2n) is 10.0. The zero-order valence-electron chi connectivity index (χ0n) is 21.5. The summed E-state index contributed by atoms with van der Waals surface area (Å²) in [6.45, 7) is 10.5. The zero-order chi connectivity index (χ0) is 26.3. The minimum Gasteiger partial charge on any atom is -0.488 e. The molecule has 3 aromatic rings. The number of amides is 2. The van der Waals surface area contributed by atoms with Crippen molar-refractivity contribution >= 4 is 29.2 Å². The molecule has 5 heterocycles. The molecule has 0 aromatic carbocycles. The first kappa shape index (κ1) is 24.6. The van der Waals surface area contributed by atoms with Crippen LogP contribution in [-0.4, -0.2) is 85.9 Å². The Kier molecular flexibility index (Phi) is 6.26. The van der Waals surface area contributed by atoms with Crippen LogP contribution < -0.4 is 15.3 Å². The number of hydrogen-bond donors (Lipinski definition) is 0. The summed E-state index contributed by atoms with van der Waals surface area (Å²) in [7, 11) is 0. The van der Waals surface area contributed by atoms with Crippen molar-refractivity contribution in [1.29, 1.82) is 0 Å². The van der Waals surface area contributed by atoms with Crippen LogP contribution in [0.25, 0.3) is 5.65 Å². The van der Waals surface area contributed by atoms with E-state index in [1.54, 1.807) is 28.3 Å². The SMILES string of the molecule is CCn1nc2cc(N3CCOc4cc(C(=O)N5CCN(C(=O)OC(C)(C)C)CC5)cnc43)ccn2c1=O. The number of ether oxygens (including phenoxy) is 2. The number of aromatic nitrogens is 4. The van der Waals surface area contributed by atoms with Crippen LogP contribution in [0.4, 0.5) is 16.3 Å². The number of hydrogen-bond acceptors (Lipinski definition) is 8. The topological polar surface area (TPSA) is 115 Å². The summed E-state index contributed by atoms with van der Waals surface area (Å²) in [6, 6.07) is 5.40. The Bertz CT molecular complexity index is 1400. The molecule has 12 nitrogen and oxygen atoms in total. The van der Waals surface area contributed by atoms with Crippen LogP contribution in [0, 0.1) is 0 Å². The van der Waals surface area contributed by atoms with Gasteiger partial charge in [-0.3, -0.25) is 9.20 Å². The van der Waals surface area contributed by atoms with E-state index >= 15 is 0 Å². The van der Waals surface area contributed by atoms with Crippen molar-refractivity contribution in [3.8, 4) is 5.75 Å². The van der Waals surface area contributed by atoms with E-state index in [0.29, 0.717) is 68.7 Å². The lowest BCUT2D eigenvalue weighted by Crippen LogP contribution is -2.51. The molecule has 0 aliphatic carbocycles. The highest BCUT2D eigenvalue weighted by Gasteiger charge is 2.29. The van der Waals surface area contributed by atoms with Crippen molar-refractivity contribution in [2.45, 2.75) is 39.8 Å². The van der Waals surface area contributed by atoms with Gasteiger partial charge < -0.3 is 24.2 Å². The fourth-order valence-electron chi connectivity index (χ4n) is 4.45. The standard InChI is InChI=1S/C25H31N7O5/c1-5-32-23(34)31-7-6-18(15-20(31)27-32)30-12-13-36-19-14-17(16-26-21(19)30)22(33)28-8-10-29(11-9-28)24(35)37-25(2,3)4/h6-7,14-16H,5,8-13H2,1-4H3. The van der Waals surface area contributed by atoms with Crippen LogP contribution in [0.15, 0.2) is 35.4 Å². The molecule has 1 saturated heterocycles. The molecule has 0 bridgehead atoms. The van der Waals surface area contributed by atoms with Gasteiger partial charge in [0.05, 0.1) is 12.1 Å². The lowest BCUT2D eigenvalue weighted by Gasteiger charge is -2.35. The van der Waals surface area contributed by atoms with Gasteiger partial charge in [-0.25, -0.2) is 19.3 Å².